The minimum atomic E-state index is -0.711. The summed E-state index contributed by atoms with van der Waals surface area (Å²) in [4.78, 5) is 10.4. The van der Waals surface area contributed by atoms with Crippen molar-refractivity contribution in [1.82, 2.24) is 0 Å². The van der Waals surface area contributed by atoms with Gasteiger partial charge in [-0.2, -0.15) is 0 Å². The van der Waals surface area contributed by atoms with Gasteiger partial charge in [0.2, 0.25) is 0 Å². The number of aliphatic carboxylic acids is 1. The SMILES string of the molecule is C[S+]([O-])C[C@@H]1[C@@H]2CC[C@@H](C2)[C@@H]1C/C=C\CCCC(=O)O. The molecule has 4 heteroatoms. The Morgan fingerprint density at radius 2 is 2.00 bits per heavy atom. The molecule has 2 rings (SSSR count). The number of allylic oxidation sites excluding steroid dienone is 2. The maximum absolute atomic E-state index is 11.5. The number of hydrogen-bond acceptors (Lipinski definition) is 2. The molecule has 3 nitrogen and oxygen atoms in total. The first-order valence-electron chi connectivity index (χ1n) is 7.74. The van der Waals surface area contributed by atoms with Crippen LogP contribution in [0.2, 0.25) is 0 Å². The zero-order chi connectivity index (χ0) is 14.5. The van der Waals surface area contributed by atoms with E-state index in [-0.39, 0.29) is 6.42 Å². The first-order valence-corrected chi connectivity index (χ1v) is 9.47. The Balaban J connectivity index is 1.75. The Labute approximate surface area is 125 Å². The summed E-state index contributed by atoms with van der Waals surface area (Å²) in [5.41, 5.74) is 0. The van der Waals surface area contributed by atoms with Gasteiger partial charge in [-0.25, -0.2) is 0 Å². The molecule has 1 unspecified atom stereocenters. The first-order chi connectivity index (χ1) is 9.58. The van der Waals surface area contributed by atoms with E-state index in [1.54, 1.807) is 0 Å². The number of rotatable bonds is 8. The van der Waals surface area contributed by atoms with Gasteiger partial charge < -0.3 is 9.66 Å². The largest absolute Gasteiger partial charge is 0.617 e. The monoisotopic (exact) mass is 298 g/mol. The smallest absolute Gasteiger partial charge is 0.303 e. The Kier molecular flexibility index (Phi) is 5.97. The maximum atomic E-state index is 11.5. The highest BCUT2D eigenvalue weighted by atomic mass is 32.2. The molecule has 0 aromatic rings. The van der Waals surface area contributed by atoms with Crippen LogP contribution < -0.4 is 0 Å². The van der Waals surface area contributed by atoms with Gasteiger partial charge in [0.15, 0.2) is 0 Å². The van der Waals surface area contributed by atoms with E-state index >= 15 is 0 Å². The lowest BCUT2D eigenvalue weighted by Gasteiger charge is -2.30. The lowest BCUT2D eigenvalue weighted by molar-refractivity contribution is -0.137. The fourth-order valence-electron chi connectivity index (χ4n) is 4.17. The Morgan fingerprint density at radius 1 is 1.30 bits per heavy atom. The Morgan fingerprint density at radius 3 is 2.65 bits per heavy atom. The number of unbranched alkanes of at least 4 members (excludes halogenated alkanes) is 1. The number of carboxylic acids is 1. The predicted molar refractivity (Wildman–Crippen MR) is 82.0 cm³/mol. The van der Waals surface area contributed by atoms with E-state index in [0.29, 0.717) is 11.8 Å². The minimum absolute atomic E-state index is 0.260. The number of carbonyl (C=O) groups is 1. The summed E-state index contributed by atoms with van der Waals surface area (Å²) in [5.74, 6) is 3.19. The summed E-state index contributed by atoms with van der Waals surface area (Å²) in [7, 11) is 0. The van der Waals surface area contributed by atoms with Crippen LogP contribution in [0.1, 0.15) is 44.9 Å². The van der Waals surface area contributed by atoms with E-state index in [1.165, 1.54) is 19.3 Å². The van der Waals surface area contributed by atoms with Crippen LogP contribution in [-0.2, 0) is 16.0 Å². The maximum Gasteiger partial charge on any atom is 0.303 e. The first kappa shape index (κ1) is 15.9. The summed E-state index contributed by atoms with van der Waals surface area (Å²) in [6.07, 6.45) is 13.2. The summed E-state index contributed by atoms with van der Waals surface area (Å²) < 4.78 is 11.5. The summed E-state index contributed by atoms with van der Waals surface area (Å²) in [5, 5.41) is 8.58. The van der Waals surface area contributed by atoms with Crippen LogP contribution in [0, 0.1) is 23.7 Å². The molecule has 2 fully saturated rings. The van der Waals surface area contributed by atoms with E-state index in [0.717, 1.165) is 36.9 Å². The highest BCUT2D eigenvalue weighted by Gasteiger charge is 2.47. The van der Waals surface area contributed by atoms with Gasteiger partial charge in [-0.05, 0) is 56.3 Å². The van der Waals surface area contributed by atoms with Crippen molar-refractivity contribution in [2.24, 2.45) is 23.7 Å². The average Bonchev–Trinajstić information content (AvgIpc) is 2.94. The third kappa shape index (κ3) is 4.26. The topological polar surface area (TPSA) is 60.4 Å². The van der Waals surface area contributed by atoms with E-state index in [1.807, 2.05) is 6.26 Å². The third-order valence-corrected chi connectivity index (χ3v) is 5.89. The highest BCUT2D eigenvalue weighted by molar-refractivity contribution is 7.90. The fraction of sp³-hybridized carbons (Fsp3) is 0.812. The van der Waals surface area contributed by atoms with E-state index in [9.17, 15) is 9.35 Å². The van der Waals surface area contributed by atoms with Crippen LogP contribution in [0.4, 0.5) is 0 Å². The predicted octanol–water partition coefficient (Wildman–Crippen LogP) is 3.23. The highest BCUT2D eigenvalue weighted by Crippen LogP contribution is 2.53. The van der Waals surface area contributed by atoms with Crippen molar-refractivity contribution >= 4 is 17.1 Å². The Hall–Kier alpha value is -0.480. The molecule has 0 spiro atoms. The van der Waals surface area contributed by atoms with Gasteiger partial charge >= 0.3 is 5.97 Å². The van der Waals surface area contributed by atoms with E-state index < -0.39 is 17.1 Å². The van der Waals surface area contributed by atoms with Gasteiger partial charge in [-0.3, -0.25) is 4.79 Å². The molecule has 0 aromatic heterocycles. The lowest BCUT2D eigenvalue weighted by atomic mass is 9.78. The molecule has 0 aliphatic heterocycles. The summed E-state index contributed by atoms with van der Waals surface area (Å²) in [6.45, 7) is 0. The second kappa shape index (κ2) is 7.51. The molecule has 0 radical (unpaired) electrons. The number of hydrogen-bond donors (Lipinski definition) is 1. The number of fused-ring (bicyclic) bond motifs is 2. The molecule has 0 heterocycles. The van der Waals surface area contributed by atoms with E-state index in [2.05, 4.69) is 12.2 Å². The molecule has 2 saturated carbocycles. The van der Waals surface area contributed by atoms with Gasteiger partial charge in [0.25, 0.3) is 0 Å². The molecule has 2 bridgehead atoms. The van der Waals surface area contributed by atoms with Gasteiger partial charge in [-0.15, -0.1) is 0 Å². The van der Waals surface area contributed by atoms with Crippen molar-refractivity contribution in [3.05, 3.63) is 12.2 Å². The lowest BCUT2D eigenvalue weighted by Crippen LogP contribution is -2.28. The molecule has 2 aliphatic carbocycles. The van der Waals surface area contributed by atoms with Gasteiger partial charge in [0.1, 0.15) is 5.75 Å². The average molecular weight is 298 g/mol. The third-order valence-electron chi connectivity index (χ3n) is 5.04. The summed E-state index contributed by atoms with van der Waals surface area (Å²) >= 11 is -0.683. The quantitative estimate of drug-likeness (QED) is 0.425. The van der Waals surface area contributed by atoms with Crippen LogP contribution in [0.3, 0.4) is 0 Å². The van der Waals surface area contributed by atoms with Crippen molar-refractivity contribution in [2.45, 2.75) is 44.9 Å². The van der Waals surface area contributed by atoms with Crippen molar-refractivity contribution in [3.63, 3.8) is 0 Å². The molecular formula is C16H26O3S. The van der Waals surface area contributed by atoms with Crippen LogP contribution in [0.25, 0.3) is 0 Å². The van der Waals surface area contributed by atoms with Gasteiger partial charge in [-0.1, -0.05) is 23.3 Å². The second-order valence-electron chi connectivity index (χ2n) is 6.39. The van der Waals surface area contributed by atoms with Crippen LogP contribution in [0.5, 0.6) is 0 Å². The van der Waals surface area contributed by atoms with Gasteiger partial charge in [0, 0.05) is 12.3 Å². The van der Waals surface area contributed by atoms with Crippen molar-refractivity contribution in [2.75, 3.05) is 12.0 Å². The molecule has 2 aliphatic rings. The molecule has 0 aromatic carbocycles. The van der Waals surface area contributed by atoms with Crippen LogP contribution in [-0.4, -0.2) is 27.6 Å². The summed E-state index contributed by atoms with van der Waals surface area (Å²) in [6, 6.07) is 0. The minimum Gasteiger partial charge on any atom is -0.617 e. The van der Waals surface area contributed by atoms with Crippen molar-refractivity contribution in [3.8, 4) is 0 Å². The molecule has 0 saturated heterocycles. The second-order valence-corrected chi connectivity index (χ2v) is 7.87. The molecule has 0 amide bonds. The number of carboxylic acid groups (broad SMARTS) is 1. The molecule has 114 valence electrons. The van der Waals surface area contributed by atoms with Crippen LogP contribution >= 0.6 is 0 Å². The van der Waals surface area contributed by atoms with E-state index in [4.69, 9.17) is 5.11 Å². The zero-order valence-electron chi connectivity index (χ0n) is 12.3. The van der Waals surface area contributed by atoms with Crippen LogP contribution in [0.15, 0.2) is 12.2 Å². The standard InChI is InChI=1S/C16H26O3S/c1-20(19)11-15-13-9-8-12(10-13)14(15)6-4-2-3-5-7-16(17)18/h2,4,12-15H,3,5-11H2,1H3,(H,17,18)/b4-2-/t12-,13+,14-,15+,20?/m0/s1. The fourth-order valence-corrected chi connectivity index (χ4v) is 5.23. The zero-order valence-corrected chi connectivity index (χ0v) is 13.1. The molecular weight excluding hydrogens is 272 g/mol. The van der Waals surface area contributed by atoms with Crippen molar-refractivity contribution < 1.29 is 14.5 Å². The molecule has 20 heavy (non-hydrogen) atoms. The van der Waals surface area contributed by atoms with Crippen molar-refractivity contribution in [1.29, 1.82) is 0 Å². The molecule has 5 atom stereocenters. The Bertz CT molecular complexity index is 354. The van der Waals surface area contributed by atoms with Gasteiger partial charge in [0.05, 0.1) is 6.26 Å². The molecule has 1 N–H and O–H groups in total. The normalized spacial score (nSPS) is 33.9.